The van der Waals surface area contributed by atoms with Crippen molar-refractivity contribution < 1.29 is 4.39 Å². The van der Waals surface area contributed by atoms with Crippen molar-refractivity contribution in [2.24, 2.45) is 0 Å². The lowest BCUT2D eigenvalue weighted by Crippen LogP contribution is -2.29. The molecule has 1 saturated carbocycles. The van der Waals surface area contributed by atoms with Crippen molar-refractivity contribution in [3.63, 3.8) is 0 Å². The van der Waals surface area contributed by atoms with Crippen molar-refractivity contribution in [1.82, 2.24) is 5.32 Å². The first-order chi connectivity index (χ1) is 8.09. The Morgan fingerprint density at radius 3 is 2.59 bits per heavy atom. The molecule has 1 aromatic carbocycles. The molecule has 1 N–H and O–H groups in total. The van der Waals surface area contributed by atoms with Crippen LogP contribution in [0.2, 0.25) is 10.0 Å². The van der Waals surface area contributed by atoms with Gasteiger partial charge in [-0.05, 0) is 31.9 Å². The zero-order valence-corrected chi connectivity index (χ0v) is 11.3. The first kappa shape index (κ1) is 13.1. The van der Waals surface area contributed by atoms with Crippen LogP contribution in [0.5, 0.6) is 0 Å². The highest BCUT2D eigenvalue weighted by Crippen LogP contribution is 2.33. The molecule has 1 aromatic rings. The van der Waals surface area contributed by atoms with Crippen molar-refractivity contribution in [3.05, 3.63) is 33.6 Å². The Bertz CT molecular complexity index is 403. The quantitative estimate of drug-likeness (QED) is 0.787. The molecule has 0 saturated heterocycles. The molecule has 1 atom stereocenters. The molecule has 0 aliphatic heterocycles. The smallest absolute Gasteiger partial charge is 0.142 e. The monoisotopic (exact) mass is 275 g/mol. The maximum absolute atomic E-state index is 13.4. The highest BCUT2D eigenvalue weighted by Gasteiger charge is 2.21. The van der Waals surface area contributed by atoms with Gasteiger partial charge in [-0.1, -0.05) is 36.0 Å². The normalized spacial score (nSPS) is 18.6. The molecule has 1 unspecified atom stereocenters. The Morgan fingerprint density at radius 2 is 1.94 bits per heavy atom. The van der Waals surface area contributed by atoms with Gasteiger partial charge in [0.1, 0.15) is 5.82 Å². The fraction of sp³-hybridized carbons (Fsp3) is 0.538. The van der Waals surface area contributed by atoms with Crippen LogP contribution in [0.1, 0.15) is 44.2 Å². The predicted octanol–water partition coefficient (Wildman–Crippen LogP) is 4.73. The Morgan fingerprint density at radius 1 is 1.29 bits per heavy atom. The van der Waals surface area contributed by atoms with Crippen molar-refractivity contribution in [2.75, 3.05) is 0 Å². The minimum Gasteiger partial charge on any atom is -0.307 e. The Hall–Kier alpha value is -0.310. The van der Waals surface area contributed by atoms with E-state index in [2.05, 4.69) is 5.32 Å². The first-order valence-electron chi connectivity index (χ1n) is 5.99. The highest BCUT2D eigenvalue weighted by atomic mass is 35.5. The zero-order chi connectivity index (χ0) is 12.4. The average Bonchev–Trinajstić information content (AvgIpc) is 2.77. The summed E-state index contributed by atoms with van der Waals surface area (Å²) in [5.41, 5.74) is 0.667. The van der Waals surface area contributed by atoms with E-state index in [4.69, 9.17) is 23.2 Å². The molecule has 1 fully saturated rings. The fourth-order valence-corrected chi connectivity index (χ4v) is 3.17. The standard InChI is InChI=1S/C13H16Cl2FN/c1-8(17-9-4-2-3-5-9)12-10(14)6-7-11(16)13(12)15/h6-9,17H,2-5H2,1H3. The van der Waals surface area contributed by atoms with E-state index < -0.39 is 5.82 Å². The van der Waals surface area contributed by atoms with Gasteiger partial charge in [0, 0.05) is 22.7 Å². The number of hydrogen-bond acceptors (Lipinski definition) is 1. The van der Waals surface area contributed by atoms with Gasteiger partial charge in [0.2, 0.25) is 0 Å². The number of rotatable bonds is 3. The van der Waals surface area contributed by atoms with E-state index in [1.54, 1.807) is 6.07 Å². The summed E-state index contributed by atoms with van der Waals surface area (Å²) in [6.07, 6.45) is 4.87. The highest BCUT2D eigenvalue weighted by molar-refractivity contribution is 6.36. The molecule has 0 spiro atoms. The summed E-state index contributed by atoms with van der Waals surface area (Å²) in [5.74, 6) is -0.411. The topological polar surface area (TPSA) is 12.0 Å². The Labute approximate surface area is 111 Å². The minimum absolute atomic E-state index is 0.0196. The molecular formula is C13H16Cl2FN. The number of hydrogen-bond donors (Lipinski definition) is 1. The SMILES string of the molecule is CC(NC1CCCC1)c1c(Cl)ccc(F)c1Cl. The van der Waals surface area contributed by atoms with Crippen LogP contribution in [0.25, 0.3) is 0 Å². The van der Waals surface area contributed by atoms with Crippen molar-refractivity contribution in [1.29, 1.82) is 0 Å². The van der Waals surface area contributed by atoms with Crippen LogP contribution in [0.3, 0.4) is 0 Å². The molecule has 0 amide bonds. The summed E-state index contributed by atoms with van der Waals surface area (Å²) in [6, 6.07) is 3.34. The van der Waals surface area contributed by atoms with E-state index >= 15 is 0 Å². The molecule has 1 aliphatic carbocycles. The third-order valence-electron chi connectivity index (χ3n) is 3.35. The molecule has 1 aliphatic rings. The number of halogens is 3. The van der Waals surface area contributed by atoms with E-state index in [9.17, 15) is 4.39 Å². The molecule has 0 bridgehead atoms. The lowest BCUT2D eigenvalue weighted by molar-refractivity contribution is 0.460. The third-order valence-corrected chi connectivity index (χ3v) is 4.07. The maximum Gasteiger partial charge on any atom is 0.142 e. The number of nitrogens with one attached hydrogen (secondary N) is 1. The molecule has 94 valence electrons. The molecule has 0 aromatic heterocycles. The van der Waals surface area contributed by atoms with E-state index in [1.807, 2.05) is 6.92 Å². The summed E-state index contributed by atoms with van der Waals surface area (Å²) in [7, 11) is 0. The summed E-state index contributed by atoms with van der Waals surface area (Å²) in [5, 5.41) is 4.13. The van der Waals surface area contributed by atoms with Gasteiger partial charge in [-0.25, -0.2) is 4.39 Å². The van der Waals surface area contributed by atoms with Gasteiger partial charge in [0.05, 0.1) is 5.02 Å². The van der Waals surface area contributed by atoms with Crippen LogP contribution < -0.4 is 5.32 Å². The molecular weight excluding hydrogens is 260 g/mol. The summed E-state index contributed by atoms with van der Waals surface area (Å²) in [6.45, 7) is 1.98. The van der Waals surface area contributed by atoms with Gasteiger partial charge >= 0.3 is 0 Å². The van der Waals surface area contributed by atoms with Gasteiger partial charge in [-0.3, -0.25) is 0 Å². The third kappa shape index (κ3) is 2.93. The van der Waals surface area contributed by atoms with E-state index in [0.717, 1.165) is 0 Å². The van der Waals surface area contributed by atoms with Gasteiger partial charge in [0.25, 0.3) is 0 Å². The number of benzene rings is 1. The fourth-order valence-electron chi connectivity index (χ4n) is 2.47. The van der Waals surface area contributed by atoms with Crippen LogP contribution in [0.15, 0.2) is 12.1 Å². The Balaban J connectivity index is 2.17. The first-order valence-corrected chi connectivity index (χ1v) is 6.74. The summed E-state index contributed by atoms with van der Waals surface area (Å²) < 4.78 is 13.4. The van der Waals surface area contributed by atoms with Gasteiger partial charge < -0.3 is 5.32 Å². The average molecular weight is 276 g/mol. The predicted molar refractivity (Wildman–Crippen MR) is 70.2 cm³/mol. The largest absolute Gasteiger partial charge is 0.307 e. The molecule has 2 rings (SSSR count). The lowest BCUT2D eigenvalue weighted by atomic mass is 10.1. The van der Waals surface area contributed by atoms with Crippen LogP contribution in [0.4, 0.5) is 4.39 Å². The van der Waals surface area contributed by atoms with Crippen molar-refractivity contribution >= 4 is 23.2 Å². The van der Waals surface area contributed by atoms with Crippen LogP contribution in [0, 0.1) is 5.82 Å². The van der Waals surface area contributed by atoms with Gasteiger partial charge in [-0.15, -0.1) is 0 Å². The van der Waals surface area contributed by atoms with E-state index in [1.165, 1.54) is 31.7 Å². The van der Waals surface area contributed by atoms with Crippen LogP contribution in [-0.4, -0.2) is 6.04 Å². The van der Waals surface area contributed by atoms with Gasteiger partial charge in [0.15, 0.2) is 0 Å². The molecule has 1 nitrogen and oxygen atoms in total. The summed E-state index contributed by atoms with van der Waals surface area (Å²) in [4.78, 5) is 0. The second-order valence-electron chi connectivity index (χ2n) is 4.63. The van der Waals surface area contributed by atoms with Crippen molar-refractivity contribution in [3.8, 4) is 0 Å². The second kappa shape index (κ2) is 5.55. The minimum atomic E-state index is -0.411. The van der Waals surface area contributed by atoms with E-state index in [0.29, 0.717) is 16.6 Å². The summed E-state index contributed by atoms with van der Waals surface area (Å²) >= 11 is 12.1. The van der Waals surface area contributed by atoms with Crippen LogP contribution in [-0.2, 0) is 0 Å². The maximum atomic E-state index is 13.4. The zero-order valence-electron chi connectivity index (χ0n) is 9.77. The van der Waals surface area contributed by atoms with Crippen LogP contribution >= 0.6 is 23.2 Å². The molecule has 17 heavy (non-hydrogen) atoms. The van der Waals surface area contributed by atoms with Crippen molar-refractivity contribution in [2.45, 2.75) is 44.7 Å². The molecule has 0 radical (unpaired) electrons. The van der Waals surface area contributed by atoms with E-state index in [-0.39, 0.29) is 11.1 Å². The lowest BCUT2D eigenvalue weighted by Gasteiger charge is -2.21. The van der Waals surface area contributed by atoms with Gasteiger partial charge in [-0.2, -0.15) is 0 Å². The second-order valence-corrected chi connectivity index (χ2v) is 5.41. The molecule has 0 heterocycles. The molecule has 4 heteroatoms. The Kier molecular flexibility index (Phi) is 4.29.